The Kier molecular flexibility index (Phi) is 4.26. The minimum Gasteiger partial charge on any atom is -0.240 e. The van der Waals surface area contributed by atoms with Crippen molar-refractivity contribution >= 4 is 6.34 Å². The van der Waals surface area contributed by atoms with Gasteiger partial charge in [0, 0.05) is 6.54 Å². The number of halogens is 1. The summed E-state index contributed by atoms with van der Waals surface area (Å²) < 4.78 is 13.3. The van der Waals surface area contributed by atoms with Crippen molar-refractivity contribution in [2.24, 2.45) is 5.10 Å². The molecule has 0 aromatic heterocycles. The summed E-state index contributed by atoms with van der Waals surface area (Å²) in [6.07, 6.45) is 3.13. The average molecular weight is 218 g/mol. The Labute approximate surface area is 87.5 Å². The first-order valence-corrected chi connectivity index (χ1v) is 5.04. The molecule has 0 aliphatic carbocycles. The molecule has 1 unspecified atom stereocenters. The van der Waals surface area contributed by atoms with Gasteiger partial charge in [-0.15, -0.1) is 0 Å². The highest BCUT2D eigenvalue weighted by molar-refractivity contribution is 5.54. The lowest BCUT2D eigenvalue weighted by Crippen LogP contribution is -2.39. The number of nitrogens with zero attached hydrogens (tertiary/aromatic N) is 4. The molecular weight excluding hydrogens is 203 g/mol. The van der Waals surface area contributed by atoms with E-state index in [0.717, 1.165) is 37.0 Å². The lowest BCUT2D eigenvalue weighted by Gasteiger charge is -2.17. The third-order valence-electron chi connectivity index (χ3n) is 2.21. The van der Waals surface area contributed by atoms with Crippen LogP contribution >= 0.6 is 0 Å². The normalized spacial score (nSPS) is 20.0. The van der Waals surface area contributed by atoms with E-state index in [1.807, 2.05) is 0 Å². The van der Waals surface area contributed by atoms with E-state index in [9.17, 15) is 14.5 Å². The summed E-state index contributed by atoms with van der Waals surface area (Å²) in [6, 6.07) is 0. The largest absolute Gasteiger partial charge is 0.323 e. The predicted octanol–water partition coefficient (Wildman–Crippen LogP) is 1.57. The van der Waals surface area contributed by atoms with Gasteiger partial charge in [-0.3, -0.25) is 0 Å². The van der Waals surface area contributed by atoms with Crippen LogP contribution in [0.15, 0.2) is 5.10 Å². The highest BCUT2D eigenvalue weighted by Crippen LogP contribution is 2.14. The van der Waals surface area contributed by atoms with E-state index in [2.05, 4.69) is 12.0 Å². The highest BCUT2D eigenvalue weighted by atomic mass is 19.1. The fourth-order valence-corrected chi connectivity index (χ4v) is 1.35. The number of hydrazone groups is 1. The molecule has 0 spiro atoms. The molecule has 0 radical (unpaired) electrons. The monoisotopic (exact) mass is 218 g/mol. The first-order chi connectivity index (χ1) is 7.16. The van der Waals surface area contributed by atoms with Crippen LogP contribution in [0.25, 0.3) is 0 Å². The van der Waals surface area contributed by atoms with Gasteiger partial charge in [0.05, 0.1) is 0 Å². The summed E-state index contributed by atoms with van der Waals surface area (Å²) in [5, 5.41) is 14.6. The molecule has 1 atom stereocenters. The Morgan fingerprint density at radius 3 is 2.80 bits per heavy atom. The predicted molar refractivity (Wildman–Crippen MR) is 53.1 cm³/mol. The fraction of sp³-hybridized carbons (Fsp3) is 0.875. The molecule has 0 aromatic rings. The SMILES string of the molecule is CCCCCCN1N=CN([N+](=O)[O-])C1F. The fourth-order valence-electron chi connectivity index (χ4n) is 1.35. The van der Waals surface area contributed by atoms with Gasteiger partial charge in [0.25, 0.3) is 0 Å². The zero-order valence-corrected chi connectivity index (χ0v) is 8.67. The maximum absolute atomic E-state index is 13.3. The van der Waals surface area contributed by atoms with E-state index in [1.54, 1.807) is 0 Å². The van der Waals surface area contributed by atoms with Gasteiger partial charge >= 0.3 is 6.42 Å². The summed E-state index contributed by atoms with van der Waals surface area (Å²) in [7, 11) is 0. The number of rotatable bonds is 6. The lowest BCUT2D eigenvalue weighted by atomic mass is 10.2. The minimum atomic E-state index is -1.76. The topological polar surface area (TPSA) is 62.0 Å². The molecule has 0 bridgehead atoms. The van der Waals surface area contributed by atoms with Gasteiger partial charge in [-0.25, -0.2) is 15.1 Å². The molecular formula is C8H15FN4O2. The van der Waals surface area contributed by atoms with Gasteiger partial charge in [0.1, 0.15) is 0 Å². The van der Waals surface area contributed by atoms with Crippen LogP contribution in [0.2, 0.25) is 0 Å². The van der Waals surface area contributed by atoms with Crippen LogP contribution in [-0.4, -0.2) is 34.4 Å². The summed E-state index contributed by atoms with van der Waals surface area (Å²) in [4.78, 5) is 10.3. The molecule has 6 nitrogen and oxygen atoms in total. The van der Waals surface area contributed by atoms with Crippen LogP contribution in [-0.2, 0) is 0 Å². The Balaban J connectivity index is 2.28. The summed E-state index contributed by atoms with van der Waals surface area (Å²) >= 11 is 0. The molecule has 0 fully saturated rings. The van der Waals surface area contributed by atoms with Gasteiger partial charge in [-0.2, -0.15) is 9.49 Å². The van der Waals surface area contributed by atoms with Crippen LogP contribution in [0.4, 0.5) is 4.39 Å². The van der Waals surface area contributed by atoms with Gasteiger partial charge < -0.3 is 0 Å². The van der Waals surface area contributed by atoms with Crippen molar-refractivity contribution in [3.8, 4) is 0 Å². The zero-order chi connectivity index (χ0) is 11.3. The van der Waals surface area contributed by atoms with Crippen molar-refractivity contribution in [3.05, 3.63) is 10.1 Å². The highest BCUT2D eigenvalue weighted by Gasteiger charge is 2.35. The Bertz CT molecular complexity index is 249. The first-order valence-electron chi connectivity index (χ1n) is 5.04. The molecule has 1 aliphatic rings. The standard InChI is InChI=1S/C8H15FN4O2/c1-2-3-4-5-6-11-8(9)12(7-10-11)13(14)15/h7-8H,2-6H2,1H3. The molecule has 0 N–H and O–H groups in total. The maximum Gasteiger partial charge on any atom is 0.323 e. The van der Waals surface area contributed by atoms with E-state index in [4.69, 9.17) is 0 Å². The van der Waals surface area contributed by atoms with Crippen molar-refractivity contribution in [2.75, 3.05) is 6.54 Å². The van der Waals surface area contributed by atoms with Crippen LogP contribution < -0.4 is 0 Å². The quantitative estimate of drug-likeness (QED) is 0.294. The third-order valence-corrected chi connectivity index (χ3v) is 2.21. The number of nitro groups is 1. The summed E-state index contributed by atoms with van der Waals surface area (Å²) in [6.45, 7) is 2.50. The number of alkyl halides is 1. The number of hydrogen-bond donors (Lipinski definition) is 0. The van der Waals surface area contributed by atoms with E-state index < -0.39 is 11.5 Å². The van der Waals surface area contributed by atoms with Crippen molar-refractivity contribution in [3.63, 3.8) is 0 Å². The molecule has 0 aromatic carbocycles. The van der Waals surface area contributed by atoms with Gasteiger partial charge in [0.2, 0.25) is 0 Å². The van der Waals surface area contributed by atoms with E-state index >= 15 is 0 Å². The average Bonchev–Trinajstić information content (AvgIpc) is 2.55. The zero-order valence-electron chi connectivity index (χ0n) is 8.67. The molecule has 7 heteroatoms. The van der Waals surface area contributed by atoms with Gasteiger partial charge in [-0.05, 0) is 11.4 Å². The van der Waals surface area contributed by atoms with Crippen LogP contribution in [0.3, 0.4) is 0 Å². The maximum atomic E-state index is 13.3. The molecule has 0 saturated heterocycles. The Morgan fingerprint density at radius 2 is 2.27 bits per heavy atom. The van der Waals surface area contributed by atoms with E-state index in [0.29, 0.717) is 11.6 Å². The lowest BCUT2D eigenvalue weighted by molar-refractivity contribution is -0.645. The number of hydrazine groups is 1. The summed E-state index contributed by atoms with van der Waals surface area (Å²) in [5.74, 6) is 0. The molecule has 0 saturated carbocycles. The summed E-state index contributed by atoms with van der Waals surface area (Å²) in [5.41, 5.74) is 0. The van der Waals surface area contributed by atoms with Crippen molar-refractivity contribution in [1.29, 1.82) is 0 Å². The van der Waals surface area contributed by atoms with E-state index in [1.165, 1.54) is 0 Å². The molecule has 1 aliphatic heterocycles. The van der Waals surface area contributed by atoms with Crippen LogP contribution in [0, 0.1) is 10.1 Å². The molecule has 0 amide bonds. The van der Waals surface area contributed by atoms with Crippen molar-refractivity contribution < 1.29 is 9.42 Å². The molecule has 1 heterocycles. The minimum absolute atomic E-state index is 0.361. The smallest absolute Gasteiger partial charge is 0.240 e. The second-order valence-corrected chi connectivity index (χ2v) is 3.38. The second kappa shape index (κ2) is 5.47. The number of unbranched alkanes of at least 4 members (excludes halogenated alkanes) is 3. The molecule has 15 heavy (non-hydrogen) atoms. The molecule has 86 valence electrons. The molecule has 1 rings (SSSR count). The Hall–Kier alpha value is -1.40. The third kappa shape index (κ3) is 3.03. The van der Waals surface area contributed by atoms with Crippen molar-refractivity contribution in [1.82, 2.24) is 10.0 Å². The second-order valence-electron chi connectivity index (χ2n) is 3.38. The Morgan fingerprint density at radius 1 is 1.53 bits per heavy atom. The van der Waals surface area contributed by atoms with Crippen LogP contribution in [0.5, 0.6) is 0 Å². The van der Waals surface area contributed by atoms with Crippen LogP contribution in [0.1, 0.15) is 32.6 Å². The first kappa shape index (κ1) is 11.7. The number of hydrogen-bond acceptors (Lipinski definition) is 4. The van der Waals surface area contributed by atoms with E-state index in [-0.39, 0.29) is 0 Å². The van der Waals surface area contributed by atoms with Gasteiger partial charge in [0.15, 0.2) is 11.4 Å². The van der Waals surface area contributed by atoms with Crippen molar-refractivity contribution in [2.45, 2.75) is 39.0 Å². The van der Waals surface area contributed by atoms with Gasteiger partial charge in [-0.1, -0.05) is 26.2 Å².